The number of hydrogen-bond acceptors (Lipinski definition) is 4. The summed E-state index contributed by atoms with van der Waals surface area (Å²) in [5.74, 6) is 0.835. The van der Waals surface area contributed by atoms with E-state index in [1.807, 2.05) is 18.4 Å². The quantitative estimate of drug-likeness (QED) is 0.727. The molecule has 0 fully saturated rings. The molecule has 0 bridgehead atoms. The van der Waals surface area contributed by atoms with Crippen molar-refractivity contribution in [2.24, 2.45) is 4.99 Å². The van der Waals surface area contributed by atoms with E-state index in [0.717, 1.165) is 22.4 Å². The van der Waals surface area contributed by atoms with E-state index in [9.17, 15) is 0 Å². The Morgan fingerprint density at radius 1 is 1.38 bits per heavy atom. The Bertz CT molecular complexity index is 626. The van der Waals surface area contributed by atoms with Gasteiger partial charge in [-0.25, -0.2) is 0 Å². The largest absolute Gasteiger partial charge is 0.439 e. The molecule has 2 aromatic heterocycles. The van der Waals surface area contributed by atoms with E-state index >= 15 is 0 Å². The molecule has 78 valence electrons. The van der Waals surface area contributed by atoms with Crippen LogP contribution in [0.4, 0.5) is 5.88 Å². The van der Waals surface area contributed by atoms with Gasteiger partial charge in [-0.1, -0.05) is 6.08 Å². The summed E-state index contributed by atoms with van der Waals surface area (Å²) in [5, 5.41) is 4.44. The number of rotatable bonds is 0. The number of nitrogens with zero attached hydrogens (tertiary/aromatic N) is 2. The molecule has 2 aromatic rings. The third-order valence-corrected chi connectivity index (χ3v) is 3.12. The molecule has 0 amide bonds. The van der Waals surface area contributed by atoms with Gasteiger partial charge >= 0.3 is 0 Å². The van der Waals surface area contributed by atoms with Crippen LogP contribution >= 0.6 is 0 Å². The lowest BCUT2D eigenvalue weighted by atomic mass is 10.0. The first-order valence-corrected chi connectivity index (χ1v) is 5.26. The SMILES string of the molecule is C1=CC2Nc3oc4cnccc4c3C2N=C1. The van der Waals surface area contributed by atoms with Crippen LogP contribution in [0.1, 0.15) is 11.6 Å². The Morgan fingerprint density at radius 2 is 2.38 bits per heavy atom. The number of aliphatic imine (C=N–C) groups is 1. The van der Waals surface area contributed by atoms with E-state index in [2.05, 4.69) is 21.4 Å². The molecule has 4 rings (SSSR count). The number of aromatic nitrogens is 1. The molecule has 2 unspecified atom stereocenters. The Hall–Kier alpha value is -2.10. The number of anilines is 1. The van der Waals surface area contributed by atoms with Gasteiger partial charge in [-0.05, 0) is 12.1 Å². The smallest absolute Gasteiger partial charge is 0.200 e. The van der Waals surface area contributed by atoms with E-state index < -0.39 is 0 Å². The third kappa shape index (κ3) is 0.888. The van der Waals surface area contributed by atoms with E-state index in [4.69, 9.17) is 4.42 Å². The third-order valence-electron chi connectivity index (χ3n) is 3.12. The fraction of sp³-hybridized carbons (Fsp3) is 0.167. The second-order valence-electron chi connectivity index (χ2n) is 4.01. The van der Waals surface area contributed by atoms with Gasteiger partial charge < -0.3 is 9.73 Å². The maximum atomic E-state index is 5.72. The normalized spacial score (nSPS) is 25.5. The number of allylic oxidation sites excluding steroid dienone is 1. The van der Waals surface area contributed by atoms with Crippen LogP contribution in [0.5, 0.6) is 0 Å². The summed E-state index contributed by atoms with van der Waals surface area (Å²) in [6, 6.07) is 2.36. The van der Waals surface area contributed by atoms with Crippen LogP contribution < -0.4 is 5.32 Å². The van der Waals surface area contributed by atoms with Gasteiger partial charge in [0.1, 0.15) is 6.04 Å². The Labute approximate surface area is 91.7 Å². The average Bonchev–Trinajstić information content (AvgIpc) is 2.83. The van der Waals surface area contributed by atoms with Gasteiger partial charge in [0.05, 0.1) is 17.8 Å². The average molecular weight is 211 g/mol. The molecule has 0 radical (unpaired) electrons. The lowest BCUT2D eigenvalue weighted by molar-refractivity contribution is 0.626. The summed E-state index contributed by atoms with van der Waals surface area (Å²) in [6.07, 6.45) is 9.45. The molecule has 0 saturated heterocycles. The standard InChI is InChI=1S/C12H9N3O/c1-2-8-11(14-4-1)10-7-3-5-13-6-9(7)16-12(10)15-8/h1-6,8,11,15H. The van der Waals surface area contributed by atoms with Crippen molar-refractivity contribution in [2.75, 3.05) is 5.32 Å². The van der Waals surface area contributed by atoms with Crippen molar-refractivity contribution in [3.05, 3.63) is 36.2 Å². The molecule has 0 spiro atoms. The zero-order valence-electron chi connectivity index (χ0n) is 8.42. The van der Waals surface area contributed by atoms with Crippen LogP contribution in [-0.2, 0) is 0 Å². The lowest BCUT2D eigenvalue weighted by Crippen LogP contribution is -2.18. The molecule has 2 atom stereocenters. The molecule has 4 heteroatoms. The van der Waals surface area contributed by atoms with E-state index in [0.29, 0.717) is 0 Å². The highest BCUT2D eigenvalue weighted by molar-refractivity contribution is 5.89. The van der Waals surface area contributed by atoms with Gasteiger partial charge in [0.15, 0.2) is 11.5 Å². The molecule has 2 aliphatic heterocycles. The van der Waals surface area contributed by atoms with Crippen molar-refractivity contribution >= 4 is 23.1 Å². The molecule has 2 aliphatic rings. The first-order valence-electron chi connectivity index (χ1n) is 5.26. The minimum Gasteiger partial charge on any atom is -0.439 e. The van der Waals surface area contributed by atoms with E-state index in [1.165, 1.54) is 0 Å². The van der Waals surface area contributed by atoms with Crippen molar-refractivity contribution in [3.8, 4) is 0 Å². The van der Waals surface area contributed by atoms with E-state index in [1.54, 1.807) is 12.4 Å². The summed E-state index contributed by atoms with van der Waals surface area (Å²) < 4.78 is 5.72. The van der Waals surface area contributed by atoms with Gasteiger partial charge in [-0.15, -0.1) is 0 Å². The van der Waals surface area contributed by atoms with Gasteiger partial charge in [0, 0.05) is 17.8 Å². The molecular formula is C12H9N3O. The number of hydrogen-bond donors (Lipinski definition) is 1. The van der Waals surface area contributed by atoms with Crippen LogP contribution in [0.25, 0.3) is 11.0 Å². The summed E-state index contributed by atoms with van der Waals surface area (Å²) >= 11 is 0. The van der Waals surface area contributed by atoms with Crippen molar-refractivity contribution in [3.63, 3.8) is 0 Å². The minimum atomic E-state index is 0.142. The second kappa shape index (κ2) is 2.72. The van der Waals surface area contributed by atoms with Crippen molar-refractivity contribution in [1.82, 2.24) is 4.98 Å². The molecule has 0 aliphatic carbocycles. The number of furan rings is 1. The molecule has 0 aromatic carbocycles. The van der Waals surface area contributed by atoms with Gasteiger partial charge in [-0.3, -0.25) is 9.98 Å². The Morgan fingerprint density at radius 3 is 3.38 bits per heavy atom. The van der Waals surface area contributed by atoms with Gasteiger partial charge in [0.2, 0.25) is 0 Å². The second-order valence-corrected chi connectivity index (χ2v) is 4.01. The number of fused-ring (bicyclic) bond motifs is 5. The molecule has 0 saturated carbocycles. The Balaban J connectivity index is 2.01. The highest BCUT2D eigenvalue weighted by atomic mass is 16.4. The van der Waals surface area contributed by atoms with Crippen molar-refractivity contribution < 1.29 is 4.42 Å². The van der Waals surface area contributed by atoms with Gasteiger partial charge in [0.25, 0.3) is 0 Å². The zero-order chi connectivity index (χ0) is 10.5. The summed E-state index contributed by atoms with van der Waals surface area (Å²) in [5.41, 5.74) is 1.98. The van der Waals surface area contributed by atoms with Crippen LogP contribution in [-0.4, -0.2) is 17.2 Å². The van der Waals surface area contributed by atoms with E-state index in [-0.39, 0.29) is 12.1 Å². The maximum absolute atomic E-state index is 5.72. The lowest BCUT2D eigenvalue weighted by Gasteiger charge is -2.15. The fourth-order valence-electron chi connectivity index (χ4n) is 2.41. The zero-order valence-corrected chi connectivity index (χ0v) is 8.42. The molecule has 4 heterocycles. The number of nitrogens with one attached hydrogen (secondary N) is 1. The highest BCUT2D eigenvalue weighted by Crippen LogP contribution is 2.44. The first-order chi connectivity index (χ1) is 7.93. The Kier molecular flexibility index (Phi) is 1.38. The summed E-state index contributed by atoms with van der Waals surface area (Å²) in [7, 11) is 0. The van der Waals surface area contributed by atoms with Crippen molar-refractivity contribution in [1.29, 1.82) is 0 Å². The topological polar surface area (TPSA) is 50.4 Å². The first kappa shape index (κ1) is 8.10. The summed E-state index contributed by atoms with van der Waals surface area (Å²) in [4.78, 5) is 8.56. The predicted molar refractivity (Wildman–Crippen MR) is 61.8 cm³/mol. The number of pyridine rings is 1. The minimum absolute atomic E-state index is 0.142. The molecule has 16 heavy (non-hydrogen) atoms. The maximum Gasteiger partial charge on any atom is 0.200 e. The molecular weight excluding hydrogens is 202 g/mol. The fourth-order valence-corrected chi connectivity index (χ4v) is 2.41. The summed E-state index contributed by atoms with van der Waals surface area (Å²) in [6.45, 7) is 0. The monoisotopic (exact) mass is 211 g/mol. The van der Waals surface area contributed by atoms with Crippen LogP contribution in [0.2, 0.25) is 0 Å². The van der Waals surface area contributed by atoms with Crippen LogP contribution in [0, 0.1) is 0 Å². The van der Waals surface area contributed by atoms with Gasteiger partial charge in [-0.2, -0.15) is 0 Å². The highest BCUT2D eigenvalue weighted by Gasteiger charge is 2.35. The predicted octanol–water partition coefficient (Wildman–Crippen LogP) is 2.30. The van der Waals surface area contributed by atoms with Crippen molar-refractivity contribution in [2.45, 2.75) is 12.1 Å². The molecule has 1 N–H and O–H groups in total. The van der Waals surface area contributed by atoms with Crippen LogP contribution in [0.15, 0.2) is 40.0 Å². The van der Waals surface area contributed by atoms with Crippen LogP contribution in [0.3, 0.4) is 0 Å². The number of dihydropyridines is 1. The molecule has 4 nitrogen and oxygen atoms in total.